The van der Waals surface area contributed by atoms with Crippen LogP contribution in [0.5, 0.6) is 0 Å². The van der Waals surface area contributed by atoms with Gasteiger partial charge in [0.25, 0.3) is 0 Å². The second-order valence-electron chi connectivity index (χ2n) is 3.73. The minimum absolute atomic E-state index is 0.149. The number of aliphatic carboxylic acids is 1. The molecule has 0 aliphatic carbocycles. The molecule has 0 saturated carbocycles. The molecule has 13 heavy (non-hydrogen) atoms. The number of hydrogen-bond donors (Lipinski definition) is 2. The van der Waals surface area contributed by atoms with E-state index in [4.69, 9.17) is 10.8 Å². The number of carboxylic acid groups (broad SMARTS) is 1. The monoisotopic (exact) mass is 186 g/mol. The van der Waals surface area contributed by atoms with Crippen molar-refractivity contribution in [3.05, 3.63) is 0 Å². The van der Waals surface area contributed by atoms with Crippen LogP contribution in [0.3, 0.4) is 0 Å². The zero-order chi connectivity index (χ0) is 9.84. The summed E-state index contributed by atoms with van der Waals surface area (Å²) in [6.45, 7) is 4.48. The van der Waals surface area contributed by atoms with Gasteiger partial charge in [0.05, 0.1) is 5.92 Å². The number of piperidine rings is 1. The third-order valence-corrected chi connectivity index (χ3v) is 2.78. The predicted molar refractivity (Wildman–Crippen MR) is 50.4 cm³/mol. The second kappa shape index (κ2) is 4.58. The fourth-order valence-corrected chi connectivity index (χ4v) is 1.94. The van der Waals surface area contributed by atoms with Gasteiger partial charge in [0.1, 0.15) is 0 Å². The average molecular weight is 186 g/mol. The van der Waals surface area contributed by atoms with Crippen molar-refractivity contribution in [3.8, 4) is 0 Å². The largest absolute Gasteiger partial charge is 0.481 e. The molecule has 3 N–H and O–H groups in total. The molecule has 2 atom stereocenters. The Kier molecular flexibility index (Phi) is 3.69. The zero-order valence-electron chi connectivity index (χ0n) is 8.07. The van der Waals surface area contributed by atoms with Gasteiger partial charge in [-0.1, -0.05) is 0 Å². The first-order chi connectivity index (χ1) is 6.15. The highest BCUT2D eigenvalue weighted by atomic mass is 16.4. The van der Waals surface area contributed by atoms with E-state index in [0.29, 0.717) is 12.6 Å². The number of likely N-dealkylation sites (tertiary alicyclic amines) is 1. The Morgan fingerprint density at radius 3 is 2.85 bits per heavy atom. The Bertz CT molecular complexity index is 184. The van der Waals surface area contributed by atoms with Crippen molar-refractivity contribution in [2.24, 2.45) is 11.7 Å². The summed E-state index contributed by atoms with van der Waals surface area (Å²) in [7, 11) is 0. The van der Waals surface area contributed by atoms with Gasteiger partial charge in [-0.15, -0.1) is 0 Å². The van der Waals surface area contributed by atoms with Crippen LogP contribution in [-0.2, 0) is 4.79 Å². The average Bonchev–Trinajstić information content (AvgIpc) is 2.08. The third kappa shape index (κ3) is 2.67. The lowest BCUT2D eigenvalue weighted by Crippen LogP contribution is -2.44. The lowest BCUT2D eigenvalue weighted by molar-refractivity contribution is -0.144. The Morgan fingerprint density at radius 1 is 1.69 bits per heavy atom. The molecule has 4 nitrogen and oxygen atoms in total. The first-order valence-electron chi connectivity index (χ1n) is 4.82. The van der Waals surface area contributed by atoms with Gasteiger partial charge in [0, 0.05) is 19.1 Å². The third-order valence-electron chi connectivity index (χ3n) is 2.78. The summed E-state index contributed by atoms with van der Waals surface area (Å²) in [6.07, 6.45) is 1.52. The highest BCUT2D eigenvalue weighted by Crippen LogP contribution is 2.22. The number of carbonyl (C=O) groups is 1. The molecule has 0 bridgehead atoms. The molecule has 1 aliphatic rings. The first-order valence-corrected chi connectivity index (χ1v) is 4.82. The van der Waals surface area contributed by atoms with Crippen LogP contribution in [-0.4, -0.2) is 41.7 Å². The minimum atomic E-state index is -0.653. The molecule has 1 aliphatic heterocycles. The minimum Gasteiger partial charge on any atom is -0.481 e. The van der Waals surface area contributed by atoms with Gasteiger partial charge in [-0.05, 0) is 26.3 Å². The van der Waals surface area contributed by atoms with E-state index in [-0.39, 0.29) is 5.92 Å². The van der Waals surface area contributed by atoms with E-state index in [1.165, 1.54) is 0 Å². The maximum absolute atomic E-state index is 10.7. The number of carboxylic acids is 1. The number of nitrogens with zero attached hydrogens (tertiary/aromatic N) is 1. The maximum Gasteiger partial charge on any atom is 0.306 e. The van der Waals surface area contributed by atoms with Gasteiger partial charge < -0.3 is 10.8 Å². The van der Waals surface area contributed by atoms with Crippen LogP contribution in [0.1, 0.15) is 19.8 Å². The molecule has 4 heteroatoms. The van der Waals surface area contributed by atoms with Crippen LogP contribution < -0.4 is 5.73 Å². The SMILES string of the molecule is CC1CC(C(=O)O)CCN1CCN. The van der Waals surface area contributed by atoms with E-state index in [1.54, 1.807) is 0 Å². The molecule has 0 spiro atoms. The van der Waals surface area contributed by atoms with Crippen LogP contribution in [0.15, 0.2) is 0 Å². The van der Waals surface area contributed by atoms with E-state index >= 15 is 0 Å². The zero-order valence-corrected chi connectivity index (χ0v) is 8.07. The Hall–Kier alpha value is -0.610. The molecular formula is C9H18N2O2. The Morgan fingerprint density at radius 2 is 2.38 bits per heavy atom. The molecule has 0 aromatic heterocycles. The smallest absolute Gasteiger partial charge is 0.306 e. The fourth-order valence-electron chi connectivity index (χ4n) is 1.94. The van der Waals surface area contributed by atoms with E-state index in [9.17, 15) is 4.79 Å². The summed E-state index contributed by atoms with van der Waals surface area (Å²) < 4.78 is 0. The highest BCUT2D eigenvalue weighted by Gasteiger charge is 2.28. The van der Waals surface area contributed by atoms with Crippen LogP contribution >= 0.6 is 0 Å². The molecule has 1 rings (SSSR count). The van der Waals surface area contributed by atoms with Crippen molar-refractivity contribution in [1.29, 1.82) is 0 Å². The van der Waals surface area contributed by atoms with Crippen molar-refractivity contribution >= 4 is 5.97 Å². The summed E-state index contributed by atoms with van der Waals surface area (Å²) in [5.74, 6) is -0.803. The molecule has 0 aromatic rings. The van der Waals surface area contributed by atoms with Crippen molar-refractivity contribution in [1.82, 2.24) is 4.90 Å². The van der Waals surface area contributed by atoms with E-state index in [2.05, 4.69) is 11.8 Å². The van der Waals surface area contributed by atoms with E-state index in [1.807, 2.05) is 0 Å². The van der Waals surface area contributed by atoms with Gasteiger partial charge in [0.15, 0.2) is 0 Å². The fraction of sp³-hybridized carbons (Fsp3) is 0.889. The topological polar surface area (TPSA) is 66.6 Å². The molecule has 0 amide bonds. The quantitative estimate of drug-likeness (QED) is 0.657. The summed E-state index contributed by atoms with van der Waals surface area (Å²) >= 11 is 0. The number of nitrogens with two attached hydrogens (primary N) is 1. The molecule has 76 valence electrons. The molecule has 1 fully saturated rings. The van der Waals surface area contributed by atoms with E-state index < -0.39 is 5.97 Å². The van der Waals surface area contributed by atoms with Gasteiger partial charge in [-0.25, -0.2) is 0 Å². The lowest BCUT2D eigenvalue weighted by atomic mass is 9.92. The predicted octanol–water partition coefficient (Wildman–Crippen LogP) is 0.130. The van der Waals surface area contributed by atoms with Gasteiger partial charge in [0.2, 0.25) is 0 Å². The van der Waals surface area contributed by atoms with Crippen molar-refractivity contribution in [2.45, 2.75) is 25.8 Å². The molecule has 0 aromatic carbocycles. The van der Waals surface area contributed by atoms with Gasteiger partial charge in [-0.2, -0.15) is 0 Å². The van der Waals surface area contributed by atoms with Crippen molar-refractivity contribution < 1.29 is 9.90 Å². The number of hydrogen-bond acceptors (Lipinski definition) is 3. The summed E-state index contributed by atoms with van der Waals surface area (Å²) in [5.41, 5.74) is 5.46. The second-order valence-corrected chi connectivity index (χ2v) is 3.73. The molecule has 1 saturated heterocycles. The standard InChI is InChI=1S/C9H18N2O2/c1-7-6-8(9(12)13)2-4-11(7)5-3-10/h7-8H,2-6,10H2,1H3,(H,12,13). The van der Waals surface area contributed by atoms with Gasteiger partial charge >= 0.3 is 5.97 Å². The normalized spacial score (nSPS) is 30.3. The Balaban J connectivity index is 2.41. The van der Waals surface area contributed by atoms with Crippen LogP contribution in [0, 0.1) is 5.92 Å². The molecule has 1 heterocycles. The highest BCUT2D eigenvalue weighted by molar-refractivity contribution is 5.70. The molecule has 0 radical (unpaired) electrons. The maximum atomic E-state index is 10.7. The van der Waals surface area contributed by atoms with Crippen LogP contribution in [0.4, 0.5) is 0 Å². The summed E-state index contributed by atoms with van der Waals surface area (Å²) in [4.78, 5) is 13.0. The Labute approximate surface area is 78.7 Å². The molecule has 2 unspecified atom stereocenters. The summed E-state index contributed by atoms with van der Waals surface area (Å²) in [6, 6.07) is 0.360. The molecular weight excluding hydrogens is 168 g/mol. The number of rotatable bonds is 3. The van der Waals surface area contributed by atoms with E-state index in [0.717, 1.165) is 25.9 Å². The van der Waals surface area contributed by atoms with Crippen molar-refractivity contribution in [2.75, 3.05) is 19.6 Å². The van der Waals surface area contributed by atoms with Gasteiger partial charge in [-0.3, -0.25) is 9.69 Å². The van der Waals surface area contributed by atoms with Crippen LogP contribution in [0.2, 0.25) is 0 Å². The summed E-state index contributed by atoms with van der Waals surface area (Å²) in [5, 5.41) is 8.83. The first kappa shape index (κ1) is 10.5. The van der Waals surface area contributed by atoms with Crippen molar-refractivity contribution in [3.63, 3.8) is 0 Å². The lowest BCUT2D eigenvalue weighted by Gasteiger charge is -2.35. The van der Waals surface area contributed by atoms with Crippen LogP contribution in [0.25, 0.3) is 0 Å².